The lowest BCUT2D eigenvalue weighted by molar-refractivity contribution is 0.379. The van der Waals surface area contributed by atoms with Crippen molar-refractivity contribution >= 4 is 23.2 Å². The van der Waals surface area contributed by atoms with Crippen LogP contribution in [0, 0.1) is 6.92 Å². The molecule has 20 heavy (non-hydrogen) atoms. The summed E-state index contributed by atoms with van der Waals surface area (Å²) >= 11 is 1.75. The number of aromatic nitrogens is 3. The lowest BCUT2D eigenvalue weighted by Gasteiger charge is -2.08. The van der Waals surface area contributed by atoms with Crippen molar-refractivity contribution in [2.45, 2.75) is 26.8 Å². The van der Waals surface area contributed by atoms with Gasteiger partial charge in [0.1, 0.15) is 0 Å². The molecule has 0 radical (unpaired) electrons. The zero-order valence-electron chi connectivity index (χ0n) is 11.9. The second-order valence-corrected chi connectivity index (χ2v) is 5.63. The number of hydrogen-bond donors (Lipinski definition) is 2. The van der Waals surface area contributed by atoms with Crippen LogP contribution >= 0.6 is 11.3 Å². The molecule has 0 aliphatic heterocycles. The molecule has 0 aliphatic rings. The van der Waals surface area contributed by atoms with E-state index in [4.69, 9.17) is 4.74 Å². The summed E-state index contributed by atoms with van der Waals surface area (Å²) in [4.78, 5) is 15.2. The molecule has 2 heterocycles. The SMILES string of the molecule is CCCNc1nc(NCc2ccc(C)s2)nc(OC)n1. The summed E-state index contributed by atoms with van der Waals surface area (Å²) in [6, 6.07) is 4.51. The maximum atomic E-state index is 5.09. The third-order valence-corrected chi connectivity index (χ3v) is 3.55. The summed E-state index contributed by atoms with van der Waals surface area (Å²) in [6.45, 7) is 5.69. The molecule has 0 saturated carbocycles. The van der Waals surface area contributed by atoms with E-state index >= 15 is 0 Å². The van der Waals surface area contributed by atoms with Gasteiger partial charge in [0.15, 0.2) is 0 Å². The van der Waals surface area contributed by atoms with Crippen LogP contribution in [0.25, 0.3) is 0 Å². The van der Waals surface area contributed by atoms with Crippen LogP contribution < -0.4 is 15.4 Å². The van der Waals surface area contributed by atoms with Gasteiger partial charge >= 0.3 is 6.01 Å². The van der Waals surface area contributed by atoms with Crippen LogP contribution in [0.5, 0.6) is 6.01 Å². The number of aryl methyl sites for hydroxylation is 1. The molecule has 0 unspecified atom stereocenters. The van der Waals surface area contributed by atoms with Gasteiger partial charge in [-0.25, -0.2) is 0 Å². The lowest BCUT2D eigenvalue weighted by atomic mass is 10.4. The molecule has 2 rings (SSSR count). The highest BCUT2D eigenvalue weighted by atomic mass is 32.1. The first-order valence-corrected chi connectivity index (χ1v) is 7.36. The lowest BCUT2D eigenvalue weighted by Crippen LogP contribution is -2.10. The van der Waals surface area contributed by atoms with Crippen molar-refractivity contribution in [1.29, 1.82) is 0 Å². The predicted molar refractivity (Wildman–Crippen MR) is 81.5 cm³/mol. The first kappa shape index (κ1) is 14.5. The largest absolute Gasteiger partial charge is 0.467 e. The maximum Gasteiger partial charge on any atom is 0.322 e. The molecule has 0 aliphatic carbocycles. The Hall–Kier alpha value is -1.89. The van der Waals surface area contributed by atoms with Crippen LogP contribution in [-0.4, -0.2) is 28.6 Å². The van der Waals surface area contributed by atoms with Crippen LogP contribution in [0.1, 0.15) is 23.1 Å². The Bertz CT molecular complexity index is 557. The number of nitrogens with one attached hydrogen (secondary N) is 2. The molecule has 0 spiro atoms. The third kappa shape index (κ3) is 4.06. The quantitative estimate of drug-likeness (QED) is 0.818. The molecule has 2 aromatic heterocycles. The molecule has 2 aromatic rings. The molecule has 0 saturated heterocycles. The number of methoxy groups -OCH3 is 1. The molecular weight excluding hydrogens is 274 g/mol. The van der Waals surface area contributed by atoms with Gasteiger partial charge in [0.05, 0.1) is 13.7 Å². The van der Waals surface area contributed by atoms with E-state index < -0.39 is 0 Å². The monoisotopic (exact) mass is 293 g/mol. The van der Waals surface area contributed by atoms with Crippen molar-refractivity contribution in [3.8, 4) is 6.01 Å². The minimum absolute atomic E-state index is 0.309. The Kier molecular flexibility index (Phi) is 5.11. The Balaban J connectivity index is 2.05. The molecule has 6 nitrogen and oxygen atoms in total. The highest BCUT2D eigenvalue weighted by molar-refractivity contribution is 7.11. The molecule has 7 heteroatoms. The molecule has 2 N–H and O–H groups in total. The Morgan fingerprint density at radius 3 is 2.50 bits per heavy atom. The van der Waals surface area contributed by atoms with Gasteiger partial charge in [-0.15, -0.1) is 11.3 Å². The number of rotatable bonds is 7. The fraction of sp³-hybridized carbons (Fsp3) is 0.462. The number of thiophene rings is 1. The highest BCUT2D eigenvalue weighted by Crippen LogP contribution is 2.17. The molecule has 0 bridgehead atoms. The second-order valence-electron chi connectivity index (χ2n) is 4.26. The summed E-state index contributed by atoms with van der Waals surface area (Å²) in [6.07, 6.45) is 1.01. The maximum absolute atomic E-state index is 5.09. The number of anilines is 2. The summed E-state index contributed by atoms with van der Waals surface area (Å²) in [5, 5.41) is 6.33. The summed E-state index contributed by atoms with van der Waals surface area (Å²) in [7, 11) is 1.55. The van der Waals surface area contributed by atoms with Gasteiger partial charge in [-0.3, -0.25) is 0 Å². The minimum Gasteiger partial charge on any atom is -0.467 e. The van der Waals surface area contributed by atoms with Gasteiger partial charge in [-0.2, -0.15) is 15.0 Å². The van der Waals surface area contributed by atoms with Crippen LogP contribution in [-0.2, 0) is 6.54 Å². The van der Waals surface area contributed by atoms with E-state index in [1.54, 1.807) is 18.4 Å². The summed E-state index contributed by atoms with van der Waals surface area (Å²) in [5.41, 5.74) is 0. The number of nitrogens with zero attached hydrogens (tertiary/aromatic N) is 3. The average Bonchev–Trinajstić information content (AvgIpc) is 2.88. The molecular formula is C13H19N5OS. The van der Waals surface area contributed by atoms with Crippen LogP contribution in [0.3, 0.4) is 0 Å². The van der Waals surface area contributed by atoms with E-state index in [2.05, 4.69) is 51.6 Å². The first-order chi connectivity index (χ1) is 9.71. The zero-order valence-corrected chi connectivity index (χ0v) is 12.8. The van der Waals surface area contributed by atoms with Crippen molar-refractivity contribution < 1.29 is 4.74 Å². The minimum atomic E-state index is 0.309. The van der Waals surface area contributed by atoms with Crippen molar-refractivity contribution in [1.82, 2.24) is 15.0 Å². The normalized spacial score (nSPS) is 10.3. The van der Waals surface area contributed by atoms with E-state index in [1.807, 2.05) is 0 Å². The van der Waals surface area contributed by atoms with Gasteiger partial charge in [-0.05, 0) is 25.5 Å². The van der Waals surface area contributed by atoms with Crippen molar-refractivity contribution in [2.24, 2.45) is 0 Å². The van der Waals surface area contributed by atoms with E-state index in [9.17, 15) is 0 Å². The fourth-order valence-corrected chi connectivity index (χ4v) is 2.42. The predicted octanol–water partition coefficient (Wildman–Crippen LogP) is 2.68. The number of hydrogen-bond acceptors (Lipinski definition) is 7. The number of ether oxygens (including phenoxy) is 1. The third-order valence-electron chi connectivity index (χ3n) is 2.55. The van der Waals surface area contributed by atoms with E-state index in [0.29, 0.717) is 24.5 Å². The molecule has 0 atom stereocenters. The molecule has 0 amide bonds. The van der Waals surface area contributed by atoms with E-state index in [0.717, 1.165) is 13.0 Å². The standard InChI is InChI=1S/C13H19N5OS/c1-4-7-14-11-16-12(18-13(17-11)19-3)15-8-10-6-5-9(2)20-10/h5-6H,4,7-8H2,1-3H3,(H2,14,15,16,17,18). The van der Waals surface area contributed by atoms with Gasteiger partial charge in [0, 0.05) is 16.3 Å². The topological polar surface area (TPSA) is 72.0 Å². The van der Waals surface area contributed by atoms with Gasteiger partial charge in [0.25, 0.3) is 0 Å². The fourth-order valence-electron chi connectivity index (χ4n) is 1.59. The molecule has 0 fully saturated rings. The molecule has 108 valence electrons. The second kappa shape index (κ2) is 7.04. The first-order valence-electron chi connectivity index (χ1n) is 6.54. The van der Waals surface area contributed by atoms with Gasteiger partial charge in [-0.1, -0.05) is 6.92 Å². The highest BCUT2D eigenvalue weighted by Gasteiger charge is 2.06. The average molecular weight is 293 g/mol. The Labute approximate surface area is 122 Å². The van der Waals surface area contributed by atoms with Crippen molar-refractivity contribution in [3.63, 3.8) is 0 Å². The van der Waals surface area contributed by atoms with Gasteiger partial charge < -0.3 is 15.4 Å². The van der Waals surface area contributed by atoms with Crippen LogP contribution in [0.2, 0.25) is 0 Å². The van der Waals surface area contributed by atoms with Crippen molar-refractivity contribution in [3.05, 3.63) is 21.9 Å². The van der Waals surface area contributed by atoms with E-state index in [1.165, 1.54) is 9.75 Å². The molecule has 0 aromatic carbocycles. The Morgan fingerprint density at radius 2 is 1.90 bits per heavy atom. The van der Waals surface area contributed by atoms with Crippen LogP contribution in [0.15, 0.2) is 12.1 Å². The summed E-state index contributed by atoms with van der Waals surface area (Å²) in [5.74, 6) is 1.05. The summed E-state index contributed by atoms with van der Waals surface area (Å²) < 4.78 is 5.09. The Morgan fingerprint density at radius 1 is 1.15 bits per heavy atom. The van der Waals surface area contributed by atoms with Gasteiger partial charge in [0.2, 0.25) is 11.9 Å². The zero-order chi connectivity index (χ0) is 14.4. The smallest absolute Gasteiger partial charge is 0.322 e. The van der Waals surface area contributed by atoms with Crippen molar-refractivity contribution in [2.75, 3.05) is 24.3 Å². The van der Waals surface area contributed by atoms with E-state index in [-0.39, 0.29) is 0 Å². The van der Waals surface area contributed by atoms with Crippen LogP contribution in [0.4, 0.5) is 11.9 Å².